The van der Waals surface area contributed by atoms with E-state index in [0.717, 1.165) is 47.5 Å². The summed E-state index contributed by atoms with van der Waals surface area (Å²) in [6.07, 6.45) is 3.65. The molecular weight excluding hydrogens is 444 g/mol. The molecule has 1 fully saturated rings. The van der Waals surface area contributed by atoms with Gasteiger partial charge in [-0.2, -0.15) is 0 Å². The topological polar surface area (TPSA) is 101 Å². The third-order valence-corrected chi connectivity index (χ3v) is 6.24. The number of nitrogens with zero attached hydrogens (tertiary/aromatic N) is 4. The maximum Gasteiger partial charge on any atom is 0.258 e. The van der Waals surface area contributed by atoms with Crippen LogP contribution in [-0.4, -0.2) is 52.3 Å². The Balaban J connectivity index is 1.38. The SMILES string of the molecule is CCCC(NC(=O)COc1nn(C)c2nc(C)cc(C)c12)C(=O)Nc1cccc(N2CCCC2)c1. The average Bonchev–Trinajstić information content (AvgIpc) is 3.46. The lowest BCUT2D eigenvalue weighted by Crippen LogP contribution is -2.45. The van der Waals surface area contributed by atoms with E-state index >= 15 is 0 Å². The number of carbonyl (C=O) groups excluding carboxylic acids is 2. The first-order chi connectivity index (χ1) is 16.9. The third-order valence-electron chi connectivity index (χ3n) is 6.24. The maximum atomic E-state index is 13.0. The highest BCUT2D eigenvalue weighted by Crippen LogP contribution is 2.27. The van der Waals surface area contributed by atoms with Crippen LogP contribution < -0.4 is 20.3 Å². The number of fused-ring (bicyclic) bond motifs is 1. The molecule has 0 bridgehead atoms. The van der Waals surface area contributed by atoms with Gasteiger partial charge in [0, 0.05) is 37.2 Å². The summed E-state index contributed by atoms with van der Waals surface area (Å²) in [6.45, 7) is 7.70. The summed E-state index contributed by atoms with van der Waals surface area (Å²) in [5, 5.41) is 10.9. The van der Waals surface area contributed by atoms with Gasteiger partial charge in [0.05, 0.1) is 5.39 Å². The van der Waals surface area contributed by atoms with E-state index in [2.05, 4.69) is 31.7 Å². The van der Waals surface area contributed by atoms with Gasteiger partial charge in [0.1, 0.15) is 6.04 Å². The monoisotopic (exact) mass is 478 g/mol. The van der Waals surface area contributed by atoms with Crippen LogP contribution in [0, 0.1) is 13.8 Å². The van der Waals surface area contributed by atoms with Gasteiger partial charge in [-0.15, -0.1) is 5.10 Å². The summed E-state index contributed by atoms with van der Waals surface area (Å²) >= 11 is 0. The first-order valence-corrected chi connectivity index (χ1v) is 12.2. The molecule has 3 heterocycles. The number of hydrogen-bond donors (Lipinski definition) is 2. The molecule has 9 nitrogen and oxygen atoms in total. The fourth-order valence-electron chi connectivity index (χ4n) is 4.56. The predicted octanol–water partition coefficient (Wildman–Crippen LogP) is 3.49. The summed E-state index contributed by atoms with van der Waals surface area (Å²) in [7, 11) is 1.79. The molecular formula is C26H34N6O3. The van der Waals surface area contributed by atoms with Gasteiger partial charge < -0.3 is 20.3 Å². The number of hydrogen-bond acceptors (Lipinski definition) is 6. The molecule has 9 heteroatoms. The minimum absolute atomic E-state index is 0.238. The fourth-order valence-corrected chi connectivity index (χ4v) is 4.56. The van der Waals surface area contributed by atoms with E-state index in [-0.39, 0.29) is 18.4 Å². The lowest BCUT2D eigenvalue weighted by atomic mass is 10.1. The highest BCUT2D eigenvalue weighted by atomic mass is 16.5. The van der Waals surface area contributed by atoms with Crippen molar-refractivity contribution in [2.45, 2.75) is 52.5 Å². The molecule has 1 aromatic carbocycles. The van der Waals surface area contributed by atoms with Crippen LogP contribution in [0.2, 0.25) is 0 Å². The number of amides is 2. The lowest BCUT2D eigenvalue weighted by molar-refractivity contribution is -0.128. The number of benzene rings is 1. The maximum absolute atomic E-state index is 13.0. The van der Waals surface area contributed by atoms with Crippen LogP contribution >= 0.6 is 0 Å². The standard InChI is InChI=1S/C26H34N6O3/c1-5-9-21(25(34)28-19-10-8-11-20(15-19)32-12-6-7-13-32)29-22(33)16-35-26-23-17(2)14-18(3)27-24(23)31(4)30-26/h8,10-11,14-15,21H,5-7,9,12-13,16H2,1-4H3,(H,28,34)(H,29,33). The highest BCUT2D eigenvalue weighted by molar-refractivity contribution is 5.97. The van der Waals surface area contributed by atoms with Gasteiger partial charge in [-0.1, -0.05) is 19.4 Å². The molecule has 1 atom stereocenters. The number of aryl methyl sites for hydroxylation is 3. The predicted molar refractivity (Wildman–Crippen MR) is 137 cm³/mol. The second kappa shape index (κ2) is 10.8. The molecule has 2 aromatic heterocycles. The normalized spacial score (nSPS) is 14.2. The summed E-state index contributed by atoms with van der Waals surface area (Å²) in [4.78, 5) is 32.5. The Bertz CT molecular complexity index is 1220. The van der Waals surface area contributed by atoms with Crippen molar-refractivity contribution in [3.63, 3.8) is 0 Å². The molecule has 0 radical (unpaired) electrons. The van der Waals surface area contributed by atoms with Crippen LogP contribution in [0.25, 0.3) is 11.0 Å². The Hall–Kier alpha value is -3.62. The van der Waals surface area contributed by atoms with Gasteiger partial charge in [-0.3, -0.25) is 9.59 Å². The van der Waals surface area contributed by atoms with Crippen LogP contribution in [0.3, 0.4) is 0 Å². The average molecular weight is 479 g/mol. The number of carbonyl (C=O) groups is 2. The molecule has 3 aromatic rings. The van der Waals surface area contributed by atoms with E-state index in [1.54, 1.807) is 11.7 Å². The molecule has 2 N–H and O–H groups in total. The van der Waals surface area contributed by atoms with Gasteiger partial charge in [0.15, 0.2) is 12.3 Å². The number of pyridine rings is 1. The number of ether oxygens (including phenoxy) is 1. The molecule has 0 aliphatic carbocycles. The first-order valence-electron chi connectivity index (χ1n) is 12.2. The molecule has 35 heavy (non-hydrogen) atoms. The summed E-state index contributed by atoms with van der Waals surface area (Å²) in [6, 6.07) is 9.16. The van der Waals surface area contributed by atoms with Gasteiger partial charge >= 0.3 is 0 Å². The first kappa shape index (κ1) is 24.5. The number of rotatable bonds is 9. The minimum atomic E-state index is -0.655. The molecule has 0 spiro atoms. The summed E-state index contributed by atoms with van der Waals surface area (Å²) in [5.41, 5.74) is 4.41. The van der Waals surface area contributed by atoms with Gasteiger partial charge in [-0.05, 0) is 62.9 Å². The zero-order valence-corrected chi connectivity index (χ0v) is 20.9. The minimum Gasteiger partial charge on any atom is -0.466 e. The van der Waals surface area contributed by atoms with Crippen LogP contribution in [-0.2, 0) is 16.6 Å². The zero-order chi connectivity index (χ0) is 24.9. The van der Waals surface area contributed by atoms with Crippen molar-refractivity contribution in [2.24, 2.45) is 7.05 Å². The van der Waals surface area contributed by atoms with Crippen molar-refractivity contribution in [3.8, 4) is 5.88 Å². The van der Waals surface area contributed by atoms with Crippen LogP contribution in [0.15, 0.2) is 30.3 Å². The number of aromatic nitrogens is 3. The lowest BCUT2D eigenvalue weighted by Gasteiger charge is -2.20. The Morgan fingerprint density at radius 1 is 1.17 bits per heavy atom. The largest absolute Gasteiger partial charge is 0.466 e. The summed E-state index contributed by atoms with van der Waals surface area (Å²) < 4.78 is 7.40. The van der Waals surface area contributed by atoms with E-state index in [1.165, 1.54) is 12.8 Å². The van der Waals surface area contributed by atoms with Crippen molar-refractivity contribution in [1.29, 1.82) is 0 Å². The Labute approximate surface area is 205 Å². The van der Waals surface area contributed by atoms with E-state index in [1.807, 2.05) is 45.0 Å². The quantitative estimate of drug-likeness (QED) is 0.488. The van der Waals surface area contributed by atoms with Crippen LogP contribution in [0.1, 0.15) is 43.9 Å². The van der Waals surface area contributed by atoms with Crippen molar-refractivity contribution in [2.75, 3.05) is 29.9 Å². The second-order valence-electron chi connectivity index (χ2n) is 9.14. The molecule has 2 amide bonds. The van der Waals surface area contributed by atoms with Gasteiger partial charge in [0.25, 0.3) is 5.91 Å². The molecule has 4 rings (SSSR count). The van der Waals surface area contributed by atoms with E-state index in [0.29, 0.717) is 17.9 Å². The molecule has 1 saturated heterocycles. The van der Waals surface area contributed by atoms with Crippen molar-refractivity contribution in [1.82, 2.24) is 20.1 Å². The highest BCUT2D eigenvalue weighted by Gasteiger charge is 2.22. The Kier molecular flexibility index (Phi) is 7.53. The van der Waals surface area contributed by atoms with Gasteiger partial charge in [0.2, 0.25) is 11.8 Å². The van der Waals surface area contributed by atoms with E-state index in [4.69, 9.17) is 4.74 Å². The van der Waals surface area contributed by atoms with Crippen molar-refractivity contribution < 1.29 is 14.3 Å². The Morgan fingerprint density at radius 2 is 1.94 bits per heavy atom. The van der Waals surface area contributed by atoms with E-state index < -0.39 is 6.04 Å². The summed E-state index contributed by atoms with van der Waals surface area (Å²) in [5.74, 6) is -0.253. The molecule has 1 unspecified atom stereocenters. The second-order valence-corrected chi connectivity index (χ2v) is 9.14. The number of anilines is 2. The molecule has 1 aliphatic rings. The van der Waals surface area contributed by atoms with Gasteiger partial charge in [-0.25, -0.2) is 9.67 Å². The zero-order valence-electron chi connectivity index (χ0n) is 20.9. The fraction of sp³-hybridized carbons (Fsp3) is 0.462. The smallest absolute Gasteiger partial charge is 0.258 e. The van der Waals surface area contributed by atoms with E-state index in [9.17, 15) is 9.59 Å². The molecule has 1 aliphatic heterocycles. The molecule has 186 valence electrons. The third kappa shape index (κ3) is 5.72. The van der Waals surface area contributed by atoms with Crippen molar-refractivity contribution >= 4 is 34.2 Å². The Morgan fingerprint density at radius 3 is 2.69 bits per heavy atom. The molecule has 0 saturated carbocycles. The van der Waals surface area contributed by atoms with Crippen LogP contribution in [0.4, 0.5) is 11.4 Å². The number of nitrogens with one attached hydrogen (secondary N) is 2. The van der Waals surface area contributed by atoms with Crippen LogP contribution in [0.5, 0.6) is 5.88 Å². The van der Waals surface area contributed by atoms with Crippen molar-refractivity contribution in [3.05, 3.63) is 41.6 Å².